The molecule has 0 aromatic carbocycles. The zero-order chi connectivity index (χ0) is 14.5. The first-order valence-electron chi connectivity index (χ1n) is 5.31. The first kappa shape index (κ1) is 16.1. The Morgan fingerprint density at radius 1 is 1.37 bits per heavy atom. The van der Waals surface area contributed by atoms with E-state index in [0.717, 1.165) is 10.5 Å². The molecule has 10 heteroatoms. The van der Waals surface area contributed by atoms with Crippen LogP contribution >= 0.6 is 11.6 Å². The number of sulfonamides is 1. The van der Waals surface area contributed by atoms with Gasteiger partial charge in [0, 0.05) is 19.3 Å². The van der Waals surface area contributed by atoms with Gasteiger partial charge in [-0.3, -0.25) is 0 Å². The molecule has 0 fully saturated rings. The molecule has 0 aliphatic heterocycles. The van der Waals surface area contributed by atoms with Crippen molar-refractivity contribution in [2.75, 3.05) is 31.7 Å². The summed E-state index contributed by atoms with van der Waals surface area (Å²) in [6.07, 6.45) is 1.10. The van der Waals surface area contributed by atoms with Crippen molar-refractivity contribution in [2.45, 2.75) is 4.90 Å². The maximum atomic E-state index is 12.2. The summed E-state index contributed by atoms with van der Waals surface area (Å²) in [5.74, 6) is 5.29. The summed E-state index contributed by atoms with van der Waals surface area (Å²) in [5, 5.41) is 17.8. The Balaban J connectivity index is 3.14. The van der Waals surface area contributed by atoms with Crippen LogP contribution in [0.4, 0.5) is 5.82 Å². The number of rotatable bonds is 7. The maximum absolute atomic E-state index is 12.2. The van der Waals surface area contributed by atoms with E-state index in [0.29, 0.717) is 0 Å². The number of nitrogen functional groups attached to an aromatic ring is 1. The van der Waals surface area contributed by atoms with Gasteiger partial charge < -0.3 is 15.6 Å². The molecule has 0 amide bonds. The number of aliphatic hydroxyl groups excluding tert-OH is 2. The lowest BCUT2D eigenvalue weighted by molar-refractivity contribution is 0.217. The molecule has 108 valence electrons. The minimum atomic E-state index is -3.88. The second-order valence-electron chi connectivity index (χ2n) is 3.50. The van der Waals surface area contributed by atoms with Gasteiger partial charge in [-0.2, -0.15) is 4.31 Å². The number of halogens is 1. The molecule has 19 heavy (non-hydrogen) atoms. The smallest absolute Gasteiger partial charge is 0.244 e. The van der Waals surface area contributed by atoms with E-state index in [1.807, 2.05) is 0 Å². The highest BCUT2D eigenvalue weighted by Gasteiger charge is 2.24. The summed E-state index contributed by atoms with van der Waals surface area (Å²) in [4.78, 5) is 3.63. The Bertz CT molecular complexity index is 519. The molecule has 0 bridgehead atoms. The molecular weight excluding hydrogens is 296 g/mol. The van der Waals surface area contributed by atoms with Crippen LogP contribution in [0.1, 0.15) is 0 Å². The summed E-state index contributed by atoms with van der Waals surface area (Å²) in [6.45, 7) is -0.972. The standard InChI is InChI=1S/C9H15ClN4O4S/c10-8-5-7(6-12-9(8)13-11)19(17,18)14(1-3-15)2-4-16/h5-6,15-16H,1-4,11H2,(H,12,13). The minimum absolute atomic E-state index is 0.0523. The Morgan fingerprint density at radius 3 is 2.37 bits per heavy atom. The average molecular weight is 311 g/mol. The normalized spacial score (nSPS) is 11.8. The number of nitrogens with zero attached hydrogens (tertiary/aromatic N) is 2. The number of hydrazine groups is 1. The van der Waals surface area contributed by atoms with Crippen LogP contribution in [0.2, 0.25) is 5.02 Å². The third-order valence-corrected chi connectivity index (χ3v) is 4.44. The Labute approximate surface area is 115 Å². The lowest BCUT2D eigenvalue weighted by Crippen LogP contribution is -2.36. The molecular formula is C9H15ClN4O4S. The molecule has 8 nitrogen and oxygen atoms in total. The number of aliphatic hydroxyl groups is 2. The molecule has 1 aromatic rings. The van der Waals surface area contributed by atoms with E-state index in [1.54, 1.807) is 0 Å². The van der Waals surface area contributed by atoms with Crippen molar-refractivity contribution in [1.82, 2.24) is 9.29 Å². The van der Waals surface area contributed by atoms with Crippen LogP contribution < -0.4 is 11.3 Å². The summed E-state index contributed by atoms with van der Waals surface area (Å²) in [6, 6.07) is 1.20. The van der Waals surface area contributed by atoms with Crippen LogP contribution in [0.25, 0.3) is 0 Å². The van der Waals surface area contributed by atoms with Crippen molar-refractivity contribution >= 4 is 27.4 Å². The number of nitrogens with one attached hydrogen (secondary N) is 1. The van der Waals surface area contributed by atoms with Crippen LogP contribution in [0, 0.1) is 0 Å². The molecule has 0 spiro atoms. The van der Waals surface area contributed by atoms with Gasteiger partial charge in [0.2, 0.25) is 10.0 Å². The van der Waals surface area contributed by atoms with Gasteiger partial charge >= 0.3 is 0 Å². The van der Waals surface area contributed by atoms with Gasteiger partial charge in [0.15, 0.2) is 5.82 Å². The molecule has 0 unspecified atom stereocenters. The monoisotopic (exact) mass is 310 g/mol. The van der Waals surface area contributed by atoms with Crippen LogP contribution in [-0.2, 0) is 10.0 Å². The van der Waals surface area contributed by atoms with Crippen molar-refractivity contribution in [1.29, 1.82) is 0 Å². The number of pyridine rings is 1. The van der Waals surface area contributed by atoms with Crippen molar-refractivity contribution in [3.8, 4) is 0 Å². The Kier molecular flexibility index (Phi) is 5.91. The van der Waals surface area contributed by atoms with Gasteiger partial charge in [-0.05, 0) is 6.07 Å². The Hall–Kier alpha value is -0.970. The number of anilines is 1. The predicted octanol–water partition coefficient (Wildman–Crippen LogP) is -1.00. The first-order valence-corrected chi connectivity index (χ1v) is 7.13. The molecule has 0 aliphatic carbocycles. The minimum Gasteiger partial charge on any atom is -0.395 e. The topological polar surface area (TPSA) is 129 Å². The first-order chi connectivity index (χ1) is 8.97. The molecule has 0 radical (unpaired) electrons. The summed E-state index contributed by atoms with van der Waals surface area (Å²) >= 11 is 5.81. The van der Waals surface area contributed by atoms with Gasteiger partial charge in [-0.1, -0.05) is 11.6 Å². The third-order valence-electron chi connectivity index (χ3n) is 2.29. The van der Waals surface area contributed by atoms with Gasteiger partial charge in [0.05, 0.1) is 18.2 Å². The largest absolute Gasteiger partial charge is 0.395 e. The van der Waals surface area contributed by atoms with Crippen LogP contribution in [0.15, 0.2) is 17.2 Å². The quantitative estimate of drug-likeness (QED) is 0.375. The zero-order valence-electron chi connectivity index (χ0n) is 9.95. The van der Waals surface area contributed by atoms with Crippen LogP contribution in [-0.4, -0.2) is 54.2 Å². The highest BCUT2D eigenvalue weighted by molar-refractivity contribution is 7.89. The van der Waals surface area contributed by atoms with Crippen molar-refractivity contribution in [2.24, 2.45) is 5.84 Å². The number of hydrogen-bond donors (Lipinski definition) is 4. The van der Waals surface area contributed by atoms with Gasteiger partial charge in [-0.25, -0.2) is 19.2 Å². The van der Waals surface area contributed by atoms with Gasteiger partial charge in [0.1, 0.15) is 4.90 Å². The maximum Gasteiger partial charge on any atom is 0.244 e. The average Bonchev–Trinajstić information content (AvgIpc) is 2.38. The fraction of sp³-hybridized carbons (Fsp3) is 0.444. The number of aromatic nitrogens is 1. The molecule has 0 atom stereocenters. The highest BCUT2D eigenvalue weighted by Crippen LogP contribution is 2.23. The van der Waals surface area contributed by atoms with Crippen molar-refractivity contribution < 1.29 is 18.6 Å². The van der Waals surface area contributed by atoms with Gasteiger partial charge in [0.25, 0.3) is 0 Å². The van der Waals surface area contributed by atoms with E-state index < -0.39 is 10.0 Å². The molecule has 1 aromatic heterocycles. The molecule has 0 saturated heterocycles. The van der Waals surface area contributed by atoms with E-state index in [2.05, 4.69) is 10.4 Å². The lowest BCUT2D eigenvalue weighted by atomic mass is 10.5. The molecule has 1 heterocycles. The summed E-state index contributed by atoms with van der Waals surface area (Å²) in [5.41, 5.74) is 2.22. The number of hydrogen-bond acceptors (Lipinski definition) is 7. The fourth-order valence-corrected chi connectivity index (χ4v) is 3.07. The second-order valence-corrected chi connectivity index (χ2v) is 5.84. The van der Waals surface area contributed by atoms with Crippen molar-refractivity contribution in [3.63, 3.8) is 0 Å². The summed E-state index contributed by atoms with van der Waals surface area (Å²) in [7, 11) is -3.88. The van der Waals surface area contributed by atoms with E-state index in [1.165, 1.54) is 6.07 Å². The SMILES string of the molecule is NNc1ncc(S(=O)(=O)N(CCO)CCO)cc1Cl. The molecule has 1 rings (SSSR count). The van der Waals surface area contributed by atoms with E-state index in [9.17, 15) is 8.42 Å². The zero-order valence-corrected chi connectivity index (χ0v) is 11.5. The fourth-order valence-electron chi connectivity index (χ4n) is 1.39. The molecule has 5 N–H and O–H groups in total. The van der Waals surface area contributed by atoms with E-state index >= 15 is 0 Å². The Morgan fingerprint density at radius 2 is 1.95 bits per heavy atom. The lowest BCUT2D eigenvalue weighted by Gasteiger charge is -2.20. The van der Waals surface area contributed by atoms with E-state index in [4.69, 9.17) is 27.7 Å². The summed E-state index contributed by atoms with van der Waals surface area (Å²) < 4.78 is 25.4. The van der Waals surface area contributed by atoms with Gasteiger partial charge in [-0.15, -0.1) is 0 Å². The molecule has 0 saturated carbocycles. The van der Waals surface area contributed by atoms with Crippen LogP contribution in [0.3, 0.4) is 0 Å². The van der Waals surface area contributed by atoms with E-state index in [-0.39, 0.29) is 42.0 Å². The van der Waals surface area contributed by atoms with Crippen LogP contribution in [0.5, 0.6) is 0 Å². The van der Waals surface area contributed by atoms with Crippen molar-refractivity contribution in [3.05, 3.63) is 17.3 Å². The number of nitrogens with two attached hydrogens (primary N) is 1. The predicted molar refractivity (Wildman–Crippen MR) is 70.0 cm³/mol. The second kappa shape index (κ2) is 6.98. The third kappa shape index (κ3) is 3.75. The highest BCUT2D eigenvalue weighted by atomic mass is 35.5. The molecule has 0 aliphatic rings.